The average Bonchev–Trinajstić information content (AvgIpc) is 2.41. The Bertz CT molecular complexity index is 564. The largest absolute Gasteiger partial charge is 0.508 e. The molecule has 4 heteroatoms. The number of nitrogens with zero attached hydrogens (tertiary/aromatic N) is 1. The van der Waals surface area contributed by atoms with Crippen LogP contribution >= 0.6 is 15.9 Å². The molecule has 0 saturated carbocycles. The number of rotatable bonds is 3. The van der Waals surface area contributed by atoms with E-state index in [2.05, 4.69) is 15.9 Å². The first-order valence-corrected chi connectivity index (χ1v) is 6.65. The van der Waals surface area contributed by atoms with Crippen molar-refractivity contribution in [1.82, 2.24) is 0 Å². The molecule has 2 aromatic rings. The van der Waals surface area contributed by atoms with Crippen molar-refractivity contribution in [1.29, 1.82) is 0 Å². The van der Waals surface area contributed by atoms with Gasteiger partial charge in [0.15, 0.2) is 0 Å². The summed E-state index contributed by atoms with van der Waals surface area (Å²) < 4.78 is 0.996. The molecule has 0 unspecified atom stereocenters. The van der Waals surface area contributed by atoms with Crippen LogP contribution in [0.4, 0.5) is 5.69 Å². The number of aromatic hydroxyl groups is 1. The molecule has 0 aliphatic heterocycles. The van der Waals surface area contributed by atoms with E-state index in [-0.39, 0.29) is 11.7 Å². The minimum Gasteiger partial charge on any atom is -0.508 e. The molecule has 1 amide bonds. The number of hydrogen-bond acceptors (Lipinski definition) is 2. The van der Waals surface area contributed by atoms with E-state index in [0.29, 0.717) is 6.42 Å². The van der Waals surface area contributed by atoms with Gasteiger partial charge >= 0.3 is 0 Å². The van der Waals surface area contributed by atoms with Gasteiger partial charge < -0.3 is 10.0 Å². The second-order valence-electron chi connectivity index (χ2n) is 4.27. The van der Waals surface area contributed by atoms with Crippen molar-refractivity contribution in [2.75, 3.05) is 11.9 Å². The molecular weight excluding hydrogens is 306 g/mol. The lowest BCUT2D eigenvalue weighted by Crippen LogP contribution is -2.27. The van der Waals surface area contributed by atoms with Crippen LogP contribution in [0.15, 0.2) is 53.0 Å². The molecule has 0 heterocycles. The number of phenols is 1. The molecule has 0 aliphatic rings. The maximum absolute atomic E-state index is 12.1. The first-order chi connectivity index (χ1) is 9.06. The van der Waals surface area contributed by atoms with E-state index in [1.165, 1.54) is 0 Å². The van der Waals surface area contributed by atoms with E-state index in [9.17, 15) is 9.90 Å². The van der Waals surface area contributed by atoms with Crippen molar-refractivity contribution in [2.45, 2.75) is 6.42 Å². The lowest BCUT2D eigenvalue weighted by Gasteiger charge is -2.17. The summed E-state index contributed by atoms with van der Waals surface area (Å²) >= 11 is 3.37. The van der Waals surface area contributed by atoms with Gasteiger partial charge in [-0.15, -0.1) is 0 Å². The molecule has 2 aromatic carbocycles. The fourth-order valence-corrected chi connectivity index (χ4v) is 1.98. The highest BCUT2D eigenvalue weighted by Gasteiger charge is 2.11. The van der Waals surface area contributed by atoms with E-state index in [0.717, 1.165) is 15.7 Å². The molecule has 0 aliphatic carbocycles. The van der Waals surface area contributed by atoms with Gasteiger partial charge in [0.05, 0.1) is 6.42 Å². The number of halogens is 1. The van der Waals surface area contributed by atoms with Crippen LogP contribution in [0.25, 0.3) is 0 Å². The molecule has 0 bridgehead atoms. The normalized spacial score (nSPS) is 10.2. The molecule has 1 N–H and O–H groups in total. The molecule has 0 spiro atoms. The maximum atomic E-state index is 12.1. The minimum absolute atomic E-state index is 0.00742. The van der Waals surface area contributed by atoms with Crippen molar-refractivity contribution in [3.63, 3.8) is 0 Å². The van der Waals surface area contributed by atoms with Crippen LogP contribution in [0.5, 0.6) is 5.75 Å². The highest BCUT2D eigenvalue weighted by Crippen LogP contribution is 2.18. The predicted molar refractivity (Wildman–Crippen MR) is 79.4 cm³/mol. The topological polar surface area (TPSA) is 40.5 Å². The fraction of sp³-hybridized carbons (Fsp3) is 0.133. The molecule has 0 saturated heterocycles. The molecule has 0 radical (unpaired) electrons. The van der Waals surface area contributed by atoms with Crippen molar-refractivity contribution in [2.24, 2.45) is 0 Å². The number of benzene rings is 2. The Hall–Kier alpha value is -1.81. The summed E-state index contributed by atoms with van der Waals surface area (Å²) in [7, 11) is 1.73. The SMILES string of the molecule is CN(C(=O)Cc1ccc(Br)cc1)c1ccc(O)cc1. The molecular formula is C15H14BrNO2. The number of likely N-dealkylation sites (N-methyl/N-ethyl adjacent to an activating group) is 1. The quantitative estimate of drug-likeness (QED) is 0.942. The lowest BCUT2D eigenvalue weighted by atomic mass is 10.1. The molecule has 98 valence electrons. The number of anilines is 1. The smallest absolute Gasteiger partial charge is 0.231 e. The Morgan fingerprint density at radius 1 is 1.11 bits per heavy atom. The summed E-state index contributed by atoms with van der Waals surface area (Å²) in [6.07, 6.45) is 0.352. The lowest BCUT2D eigenvalue weighted by molar-refractivity contribution is -0.117. The summed E-state index contributed by atoms with van der Waals surface area (Å²) in [6.45, 7) is 0. The van der Waals surface area contributed by atoms with Crippen LogP contribution in [-0.2, 0) is 11.2 Å². The summed E-state index contributed by atoms with van der Waals surface area (Å²) in [6, 6.07) is 14.3. The van der Waals surface area contributed by atoms with Crippen LogP contribution in [0.1, 0.15) is 5.56 Å². The molecule has 19 heavy (non-hydrogen) atoms. The van der Waals surface area contributed by atoms with Gasteiger partial charge in [0.1, 0.15) is 5.75 Å². The molecule has 0 aromatic heterocycles. The van der Waals surface area contributed by atoms with Crippen LogP contribution in [0.2, 0.25) is 0 Å². The monoisotopic (exact) mass is 319 g/mol. The summed E-state index contributed by atoms with van der Waals surface area (Å²) in [4.78, 5) is 13.7. The Labute approximate surface area is 120 Å². The van der Waals surface area contributed by atoms with Crippen molar-refractivity contribution < 1.29 is 9.90 Å². The molecule has 0 atom stereocenters. The zero-order valence-electron chi connectivity index (χ0n) is 10.5. The number of phenolic OH excluding ortho intramolecular Hbond substituents is 1. The predicted octanol–water partition coefficient (Wildman–Crippen LogP) is 3.36. The third kappa shape index (κ3) is 3.58. The number of carbonyl (C=O) groups excluding carboxylic acids is 1. The van der Waals surface area contributed by atoms with Gasteiger partial charge in [-0.25, -0.2) is 0 Å². The highest BCUT2D eigenvalue weighted by atomic mass is 79.9. The highest BCUT2D eigenvalue weighted by molar-refractivity contribution is 9.10. The average molecular weight is 320 g/mol. The van der Waals surface area contributed by atoms with Crippen LogP contribution < -0.4 is 4.90 Å². The summed E-state index contributed by atoms with van der Waals surface area (Å²) in [5, 5.41) is 9.23. The van der Waals surface area contributed by atoms with Crippen molar-refractivity contribution in [3.05, 3.63) is 58.6 Å². The van der Waals surface area contributed by atoms with Gasteiger partial charge in [-0.05, 0) is 42.0 Å². The van der Waals surface area contributed by atoms with E-state index >= 15 is 0 Å². The first kappa shape index (κ1) is 13.6. The van der Waals surface area contributed by atoms with E-state index in [4.69, 9.17) is 0 Å². The van der Waals surface area contributed by atoms with Crippen LogP contribution in [0, 0.1) is 0 Å². The second kappa shape index (κ2) is 5.89. The Morgan fingerprint density at radius 2 is 1.68 bits per heavy atom. The molecule has 2 rings (SSSR count). The third-order valence-corrected chi connectivity index (χ3v) is 3.41. The zero-order chi connectivity index (χ0) is 13.8. The second-order valence-corrected chi connectivity index (χ2v) is 5.19. The zero-order valence-corrected chi connectivity index (χ0v) is 12.1. The van der Waals surface area contributed by atoms with Gasteiger partial charge in [0, 0.05) is 17.2 Å². The Morgan fingerprint density at radius 3 is 2.26 bits per heavy atom. The van der Waals surface area contributed by atoms with Gasteiger partial charge in [0.25, 0.3) is 0 Å². The number of hydrogen-bond donors (Lipinski definition) is 1. The van der Waals surface area contributed by atoms with Crippen LogP contribution in [0.3, 0.4) is 0 Å². The summed E-state index contributed by atoms with van der Waals surface area (Å²) in [5.41, 5.74) is 1.73. The third-order valence-electron chi connectivity index (χ3n) is 2.88. The van der Waals surface area contributed by atoms with Gasteiger partial charge in [0.2, 0.25) is 5.91 Å². The standard InChI is InChI=1S/C15H14BrNO2/c1-17(13-6-8-14(18)9-7-13)15(19)10-11-2-4-12(16)5-3-11/h2-9,18H,10H2,1H3. The number of amides is 1. The van der Waals surface area contributed by atoms with Crippen LogP contribution in [-0.4, -0.2) is 18.1 Å². The van der Waals surface area contributed by atoms with Gasteiger partial charge in [-0.1, -0.05) is 28.1 Å². The first-order valence-electron chi connectivity index (χ1n) is 5.86. The minimum atomic E-state index is 0.00742. The van der Waals surface area contributed by atoms with E-state index in [1.54, 1.807) is 36.2 Å². The Kier molecular flexibility index (Phi) is 4.22. The van der Waals surface area contributed by atoms with Crippen molar-refractivity contribution in [3.8, 4) is 5.75 Å². The molecule has 3 nitrogen and oxygen atoms in total. The fourth-order valence-electron chi connectivity index (χ4n) is 1.72. The number of carbonyl (C=O) groups is 1. The van der Waals surface area contributed by atoms with Gasteiger partial charge in [-0.2, -0.15) is 0 Å². The van der Waals surface area contributed by atoms with E-state index < -0.39 is 0 Å². The van der Waals surface area contributed by atoms with Crippen molar-refractivity contribution >= 4 is 27.5 Å². The maximum Gasteiger partial charge on any atom is 0.231 e. The van der Waals surface area contributed by atoms with E-state index in [1.807, 2.05) is 24.3 Å². The van der Waals surface area contributed by atoms with Gasteiger partial charge in [-0.3, -0.25) is 4.79 Å². The Balaban J connectivity index is 2.07. The summed E-state index contributed by atoms with van der Waals surface area (Å²) in [5.74, 6) is 0.200. The molecule has 0 fully saturated rings.